The molecule has 0 radical (unpaired) electrons. The Bertz CT molecular complexity index is 1510. The minimum absolute atomic E-state index is 0.00566. The van der Waals surface area contributed by atoms with Gasteiger partial charge in [0, 0.05) is 25.2 Å². The quantitative estimate of drug-likeness (QED) is 0.449. The van der Waals surface area contributed by atoms with Gasteiger partial charge in [0.1, 0.15) is 6.04 Å². The van der Waals surface area contributed by atoms with E-state index in [4.69, 9.17) is 9.47 Å². The maximum Gasteiger partial charge on any atom is 0.416 e. The molecule has 0 unspecified atom stereocenters. The minimum atomic E-state index is -4.62. The molecule has 1 aliphatic heterocycles. The zero-order valence-electron chi connectivity index (χ0n) is 20.8. The number of benzene rings is 3. The summed E-state index contributed by atoms with van der Waals surface area (Å²) in [5.41, 5.74) is -0.0869. The van der Waals surface area contributed by atoms with Crippen molar-refractivity contribution in [1.82, 2.24) is 10.0 Å². The van der Waals surface area contributed by atoms with E-state index in [1.807, 2.05) is 4.72 Å². The van der Waals surface area contributed by atoms with Crippen LogP contribution in [0.5, 0.6) is 11.5 Å². The number of anilines is 1. The number of likely N-dealkylation sites (N-methyl/N-ethyl adjacent to an activating group) is 1. The summed E-state index contributed by atoms with van der Waals surface area (Å²) in [6.45, 7) is 1.55. The second-order valence-corrected chi connectivity index (χ2v) is 10.4. The second kappa shape index (κ2) is 10.8. The number of carbonyl (C=O) groups excluding carboxylic acids is 2. The fraction of sp³-hybridized carbons (Fsp3) is 0.231. The van der Waals surface area contributed by atoms with Crippen LogP contribution in [0.15, 0.2) is 71.6 Å². The third-order valence-corrected chi connectivity index (χ3v) is 7.47. The molecule has 3 amide bonds. The van der Waals surface area contributed by atoms with Crippen LogP contribution in [0.1, 0.15) is 16.7 Å². The van der Waals surface area contributed by atoms with Gasteiger partial charge in [-0.25, -0.2) is 17.9 Å². The van der Waals surface area contributed by atoms with Gasteiger partial charge in [-0.1, -0.05) is 36.4 Å². The zero-order valence-corrected chi connectivity index (χ0v) is 21.6. The van der Waals surface area contributed by atoms with Gasteiger partial charge in [-0.3, -0.25) is 4.79 Å². The highest BCUT2D eigenvalue weighted by Gasteiger charge is 2.32. The molecule has 0 aliphatic carbocycles. The number of fused-ring (bicyclic) bond motifs is 1. The Kier molecular flexibility index (Phi) is 7.72. The molecular formula is C26H24F3N3O6S. The molecule has 3 aromatic carbocycles. The van der Waals surface area contributed by atoms with Gasteiger partial charge in [-0.15, -0.1) is 0 Å². The van der Waals surface area contributed by atoms with Crippen molar-refractivity contribution >= 4 is 27.6 Å². The molecule has 39 heavy (non-hydrogen) atoms. The summed E-state index contributed by atoms with van der Waals surface area (Å²) >= 11 is 0. The number of alkyl halides is 3. The number of nitrogens with zero attached hydrogens (tertiary/aromatic N) is 1. The van der Waals surface area contributed by atoms with E-state index >= 15 is 0 Å². The zero-order chi connectivity index (χ0) is 28.4. The first kappa shape index (κ1) is 27.8. The minimum Gasteiger partial charge on any atom is -0.454 e. The van der Waals surface area contributed by atoms with E-state index in [0.29, 0.717) is 22.7 Å². The fourth-order valence-corrected chi connectivity index (χ4v) is 5.15. The van der Waals surface area contributed by atoms with Crippen LogP contribution in [0.25, 0.3) is 0 Å². The lowest BCUT2D eigenvalue weighted by atomic mass is 10.0. The number of urea groups is 1. The SMILES string of the molecule is Cc1ccccc1S(=O)(=O)NC(=O)N[C@@H](Cc1cccc(C(F)(F)F)c1)C(=O)N(C)c1ccc2c(c1)OCO2. The Morgan fingerprint density at radius 2 is 1.72 bits per heavy atom. The van der Waals surface area contributed by atoms with Crippen LogP contribution in [0.3, 0.4) is 0 Å². The van der Waals surface area contributed by atoms with Gasteiger partial charge >= 0.3 is 12.2 Å². The normalized spacial score (nSPS) is 13.5. The Hall–Kier alpha value is -4.26. The molecule has 1 atom stereocenters. The highest BCUT2D eigenvalue weighted by atomic mass is 32.2. The molecule has 4 rings (SSSR count). The number of sulfonamides is 1. The van der Waals surface area contributed by atoms with Gasteiger partial charge in [0.15, 0.2) is 11.5 Å². The number of hydrogen-bond acceptors (Lipinski definition) is 6. The predicted molar refractivity (Wildman–Crippen MR) is 135 cm³/mol. The summed E-state index contributed by atoms with van der Waals surface area (Å²) in [5.74, 6) is 0.144. The van der Waals surface area contributed by atoms with E-state index in [1.54, 1.807) is 31.2 Å². The van der Waals surface area contributed by atoms with Gasteiger partial charge in [-0.05, 0) is 42.3 Å². The number of rotatable bonds is 7. The molecule has 0 aromatic heterocycles. The van der Waals surface area contributed by atoms with Crippen molar-refractivity contribution in [3.8, 4) is 11.5 Å². The summed E-state index contributed by atoms with van der Waals surface area (Å²) in [4.78, 5) is 27.3. The van der Waals surface area contributed by atoms with Gasteiger partial charge < -0.3 is 19.7 Å². The summed E-state index contributed by atoms with van der Waals surface area (Å²) in [6.07, 6.45) is -4.97. The third-order valence-electron chi connectivity index (χ3n) is 5.98. The molecule has 206 valence electrons. The average molecular weight is 564 g/mol. The maximum atomic E-state index is 13.5. The molecule has 0 saturated heterocycles. The van der Waals surface area contributed by atoms with Crippen LogP contribution in [0.4, 0.5) is 23.7 Å². The number of ether oxygens (including phenoxy) is 2. The van der Waals surface area contributed by atoms with Gasteiger partial charge in [-0.2, -0.15) is 13.2 Å². The topological polar surface area (TPSA) is 114 Å². The molecule has 0 bridgehead atoms. The summed E-state index contributed by atoms with van der Waals surface area (Å²) in [5, 5.41) is 2.31. The highest BCUT2D eigenvalue weighted by Crippen LogP contribution is 2.35. The predicted octanol–water partition coefficient (Wildman–Crippen LogP) is 4.00. The second-order valence-electron chi connectivity index (χ2n) is 8.73. The first-order valence-corrected chi connectivity index (χ1v) is 13.1. The van der Waals surface area contributed by atoms with Crippen molar-refractivity contribution in [3.05, 3.63) is 83.4 Å². The Morgan fingerprint density at radius 1 is 1.00 bits per heavy atom. The van der Waals surface area contributed by atoms with Crippen LogP contribution in [-0.2, 0) is 27.4 Å². The molecule has 1 aliphatic rings. The van der Waals surface area contributed by atoms with E-state index in [2.05, 4.69) is 5.32 Å². The van der Waals surface area contributed by atoms with Crippen LogP contribution >= 0.6 is 0 Å². The van der Waals surface area contributed by atoms with Gasteiger partial charge in [0.25, 0.3) is 10.0 Å². The lowest BCUT2D eigenvalue weighted by molar-refractivity contribution is -0.137. The summed E-state index contributed by atoms with van der Waals surface area (Å²) in [7, 11) is -2.90. The Labute approximate surface area is 222 Å². The fourth-order valence-electron chi connectivity index (χ4n) is 3.99. The molecule has 0 fully saturated rings. The summed E-state index contributed by atoms with van der Waals surface area (Å²) in [6, 6.07) is 12.3. The molecule has 9 nitrogen and oxygen atoms in total. The Morgan fingerprint density at radius 3 is 2.44 bits per heavy atom. The number of amides is 3. The van der Waals surface area contributed by atoms with Crippen molar-refractivity contribution < 1.29 is 40.7 Å². The smallest absolute Gasteiger partial charge is 0.416 e. The largest absolute Gasteiger partial charge is 0.454 e. The lowest BCUT2D eigenvalue weighted by Gasteiger charge is -2.25. The molecule has 0 saturated carbocycles. The molecule has 0 spiro atoms. The van der Waals surface area contributed by atoms with Crippen molar-refractivity contribution in [2.75, 3.05) is 18.7 Å². The standard InChI is InChI=1S/C26H24F3N3O6S/c1-16-6-3-4-9-23(16)39(35,36)31-25(34)30-20(13-17-7-5-8-18(12-17)26(27,28)29)24(33)32(2)19-10-11-21-22(14-19)38-15-37-21/h3-12,14,20H,13,15H2,1-2H3,(H2,30,31,34)/t20-/m0/s1. The lowest BCUT2D eigenvalue weighted by Crippen LogP contribution is -2.52. The third kappa shape index (κ3) is 6.42. The monoisotopic (exact) mass is 563 g/mol. The van der Waals surface area contributed by atoms with Crippen molar-refractivity contribution in [2.24, 2.45) is 0 Å². The highest BCUT2D eigenvalue weighted by molar-refractivity contribution is 7.90. The molecule has 3 aromatic rings. The average Bonchev–Trinajstić information content (AvgIpc) is 3.35. The Balaban J connectivity index is 1.60. The number of carbonyl (C=O) groups is 2. The van der Waals surface area contributed by atoms with Crippen LogP contribution < -0.4 is 24.4 Å². The van der Waals surface area contributed by atoms with E-state index in [9.17, 15) is 31.2 Å². The molecule has 13 heteroatoms. The van der Waals surface area contributed by atoms with Crippen LogP contribution in [-0.4, -0.2) is 40.2 Å². The van der Waals surface area contributed by atoms with Gasteiger partial charge in [0.05, 0.1) is 10.5 Å². The van der Waals surface area contributed by atoms with E-state index in [1.165, 1.54) is 42.3 Å². The first-order chi connectivity index (χ1) is 18.3. The van der Waals surface area contributed by atoms with Crippen LogP contribution in [0, 0.1) is 6.92 Å². The van der Waals surface area contributed by atoms with Crippen LogP contribution in [0.2, 0.25) is 0 Å². The molecule has 2 N–H and O–H groups in total. The van der Waals surface area contributed by atoms with Crippen molar-refractivity contribution in [3.63, 3.8) is 0 Å². The van der Waals surface area contributed by atoms with E-state index in [0.717, 1.165) is 12.1 Å². The molecular weight excluding hydrogens is 539 g/mol. The number of halogens is 3. The maximum absolute atomic E-state index is 13.5. The van der Waals surface area contributed by atoms with Crippen molar-refractivity contribution in [1.29, 1.82) is 0 Å². The first-order valence-electron chi connectivity index (χ1n) is 11.6. The number of nitrogens with one attached hydrogen (secondary N) is 2. The van der Waals surface area contributed by atoms with Gasteiger partial charge in [0.2, 0.25) is 12.7 Å². The molecule has 1 heterocycles. The number of hydrogen-bond donors (Lipinski definition) is 2. The van der Waals surface area contributed by atoms with Crippen molar-refractivity contribution in [2.45, 2.75) is 30.5 Å². The van der Waals surface area contributed by atoms with E-state index in [-0.39, 0.29) is 23.7 Å². The number of aryl methyl sites for hydroxylation is 1. The summed E-state index contributed by atoms with van der Waals surface area (Å²) < 4.78 is 77.8. The van der Waals surface area contributed by atoms with E-state index < -0.39 is 39.7 Å².